The number of aromatic amines is 1. The van der Waals surface area contributed by atoms with Gasteiger partial charge in [0.25, 0.3) is 5.91 Å². The van der Waals surface area contributed by atoms with Crippen LogP contribution in [0.3, 0.4) is 0 Å². The largest absolute Gasteiger partial charge is 0.368 e. The second-order valence-electron chi connectivity index (χ2n) is 5.19. The number of amides is 1. The molecule has 2 aromatic heterocycles. The van der Waals surface area contributed by atoms with Crippen molar-refractivity contribution in [3.63, 3.8) is 0 Å². The molecule has 0 aliphatic carbocycles. The van der Waals surface area contributed by atoms with Crippen molar-refractivity contribution in [1.29, 1.82) is 0 Å². The first-order valence-corrected chi connectivity index (χ1v) is 7.13. The van der Waals surface area contributed by atoms with Gasteiger partial charge in [0.15, 0.2) is 0 Å². The van der Waals surface area contributed by atoms with E-state index >= 15 is 0 Å². The number of carbonyl (C=O) groups is 1. The number of aryl methyl sites for hydroxylation is 2. The molecule has 2 atom stereocenters. The molecule has 1 saturated heterocycles. The number of hydrogen-bond acceptors (Lipinski definition) is 4. The Kier molecular flexibility index (Phi) is 3.74. The van der Waals surface area contributed by atoms with Gasteiger partial charge in [0.05, 0.1) is 6.04 Å². The summed E-state index contributed by atoms with van der Waals surface area (Å²) in [7, 11) is 1.92. The van der Waals surface area contributed by atoms with Crippen molar-refractivity contribution in [2.24, 2.45) is 7.05 Å². The average molecular weight is 289 g/mol. The summed E-state index contributed by atoms with van der Waals surface area (Å²) < 4.78 is 7.64. The van der Waals surface area contributed by atoms with Gasteiger partial charge < -0.3 is 14.6 Å². The number of H-pyrrole nitrogens is 1. The lowest BCUT2D eigenvalue weighted by Crippen LogP contribution is -2.37. The number of rotatable bonds is 4. The number of ether oxygens (including phenoxy) is 1. The molecule has 1 amide bonds. The summed E-state index contributed by atoms with van der Waals surface area (Å²) in [4.78, 5) is 16.6. The predicted molar refractivity (Wildman–Crippen MR) is 75.7 cm³/mol. The molecule has 0 aromatic carbocycles. The Labute approximate surface area is 122 Å². The summed E-state index contributed by atoms with van der Waals surface area (Å²) in [5.41, 5.74) is 1.36. The minimum atomic E-state index is -0.210. The van der Waals surface area contributed by atoms with E-state index in [0.717, 1.165) is 24.4 Å². The van der Waals surface area contributed by atoms with Crippen LogP contribution in [0.5, 0.6) is 0 Å². The number of aromatic nitrogens is 4. The van der Waals surface area contributed by atoms with Crippen LogP contribution in [0.2, 0.25) is 0 Å². The Bertz CT molecular complexity index is 633. The zero-order chi connectivity index (χ0) is 14.8. The van der Waals surface area contributed by atoms with E-state index in [1.165, 1.54) is 0 Å². The highest BCUT2D eigenvalue weighted by molar-refractivity contribution is 5.92. The number of hydrogen-bond donors (Lipinski definition) is 2. The van der Waals surface area contributed by atoms with E-state index in [4.69, 9.17) is 4.74 Å². The van der Waals surface area contributed by atoms with Gasteiger partial charge in [0.1, 0.15) is 17.6 Å². The van der Waals surface area contributed by atoms with Crippen molar-refractivity contribution in [1.82, 2.24) is 25.1 Å². The molecule has 0 bridgehead atoms. The molecule has 112 valence electrons. The average Bonchev–Trinajstić information content (AvgIpc) is 3.18. The molecule has 0 spiro atoms. The van der Waals surface area contributed by atoms with Crippen LogP contribution in [0.1, 0.15) is 41.5 Å². The molecule has 1 fully saturated rings. The SMILES string of the molecule is CCc1cc(C(=O)N[C@H]2CCO[C@@H]2c2nccn2C)n[nH]1. The zero-order valence-corrected chi connectivity index (χ0v) is 12.2. The second-order valence-corrected chi connectivity index (χ2v) is 5.19. The molecule has 3 rings (SSSR count). The van der Waals surface area contributed by atoms with Gasteiger partial charge in [-0.15, -0.1) is 0 Å². The predicted octanol–water partition coefficient (Wildman–Crippen LogP) is 0.966. The molecule has 2 aromatic rings. The smallest absolute Gasteiger partial charge is 0.272 e. The highest BCUT2D eigenvalue weighted by Gasteiger charge is 2.34. The van der Waals surface area contributed by atoms with Crippen LogP contribution >= 0.6 is 0 Å². The highest BCUT2D eigenvalue weighted by atomic mass is 16.5. The van der Waals surface area contributed by atoms with E-state index < -0.39 is 0 Å². The lowest BCUT2D eigenvalue weighted by atomic mass is 10.1. The first kappa shape index (κ1) is 13.8. The van der Waals surface area contributed by atoms with E-state index in [0.29, 0.717) is 12.3 Å². The molecule has 0 unspecified atom stereocenters. The molecule has 7 heteroatoms. The Morgan fingerprint density at radius 1 is 1.62 bits per heavy atom. The fourth-order valence-electron chi connectivity index (χ4n) is 2.54. The van der Waals surface area contributed by atoms with Crippen LogP contribution < -0.4 is 5.32 Å². The van der Waals surface area contributed by atoms with Crippen molar-refractivity contribution < 1.29 is 9.53 Å². The van der Waals surface area contributed by atoms with Gasteiger partial charge in [-0.2, -0.15) is 5.10 Å². The first-order chi connectivity index (χ1) is 10.2. The minimum absolute atomic E-state index is 0.0830. The number of imidazole rings is 1. The van der Waals surface area contributed by atoms with Crippen LogP contribution in [0.4, 0.5) is 0 Å². The van der Waals surface area contributed by atoms with E-state index in [9.17, 15) is 4.79 Å². The van der Waals surface area contributed by atoms with Gasteiger partial charge in [-0.05, 0) is 18.9 Å². The molecule has 21 heavy (non-hydrogen) atoms. The van der Waals surface area contributed by atoms with Gasteiger partial charge >= 0.3 is 0 Å². The molecule has 0 radical (unpaired) electrons. The van der Waals surface area contributed by atoms with E-state index in [1.807, 2.05) is 24.7 Å². The van der Waals surface area contributed by atoms with Crippen LogP contribution in [-0.2, 0) is 18.2 Å². The summed E-state index contributed by atoms with van der Waals surface area (Å²) in [6.45, 7) is 2.63. The number of carbonyl (C=O) groups excluding carboxylic acids is 1. The van der Waals surface area contributed by atoms with E-state index in [1.54, 1.807) is 12.3 Å². The maximum atomic E-state index is 12.3. The molecule has 2 N–H and O–H groups in total. The van der Waals surface area contributed by atoms with Crippen LogP contribution in [0, 0.1) is 0 Å². The van der Waals surface area contributed by atoms with E-state index in [-0.39, 0.29) is 18.1 Å². The molecule has 3 heterocycles. The maximum absolute atomic E-state index is 12.3. The molecular weight excluding hydrogens is 270 g/mol. The highest BCUT2D eigenvalue weighted by Crippen LogP contribution is 2.27. The third-order valence-electron chi connectivity index (χ3n) is 3.77. The monoisotopic (exact) mass is 289 g/mol. The quantitative estimate of drug-likeness (QED) is 0.878. The van der Waals surface area contributed by atoms with Crippen molar-refractivity contribution in [3.05, 3.63) is 35.7 Å². The normalized spacial score (nSPS) is 21.6. The fourth-order valence-corrected chi connectivity index (χ4v) is 2.54. The molecule has 0 saturated carbocycles. The summed E-state index contributed by atoms with van der Waals surface area (Å²) in [6.07, 6.45) is 4.99. The Balaban J connectivity index is 1.71. The second kappa shape index (κ2) is 5.69. The third-order valence-corrected chi connectivity index (χ3v) is 3.77. The standard InChI is InChI=1S/C14H19N5O2/c1-3-9-8-11(18-17-9)14(20)16-10-4-7-21-12(10)13-15-5-6-19(13)2/h5-6,8,10,12H,3-4,7H2,1-2H3,(H,16,20)(H,17,18)/t10-,12-/m0/s1. The number of nitrogens with zero attached hydrogens (tertiary/aromatic N) is 3. The number of nitrogens with one attached hydrogen (secondary N) is 2. The Morgan fingerprint density at radius 2 is 2.48 bits per heavy atom. The van der Waals surface area contributed by atoms with Crippen molar-refractivity contribution in [3.8, 4) is 0 Å². The zero-order valence-electron chi connectivity index (χ0n) is 12.2. The van der Waals surface area contributed by atoms with Crippen LogP contribution in [-0.4, -0.2) is 38.3 Å². The lowest BCUT2D eigenvalue weighted by Gasteiger charge is -2.19. The van der Waals surface area contributed by atoms with Crippen LogP contribution in [0.15, 0.2) is 18.5 Å². The van der Waals surface area contributed by atoms with Gasteiger partial charge in [-0.3, -0.25) is 9.89 Å². The van der Waals surface area contributed by atoms with E-state index in [2.05, 4.69) is 20.5 Å². The summed E-state index contributed by atoms with van der Waals surface area (Å²) in [6, 6.07) is 1.70. The molecule has 1 aliphatic heterocycles. The third kappa shape index (κ3) is 2.69. The summed E-state index contributed by atoms with van der Waals surface area (Å²) >= 11 is 0. The molecule has 1 aliphatic rings. The van der Waals surface area contributed by atoms with Crippen molar-refractivity contribution in [2.75, 3.05) is 6.61 Å². The van der Waals surface area contributed by atoms with Crippen molar-refractivity contribution in [2.45, 2.75) is 31.9 Å². The Morgan fingerprint density at radius 3 is 3.14 bits per heavy atom. The van der Waals surface area contributed by atoms with Crippen molar-refractivity contribution >= 4 is 5.91 Å². The maximum Gasteiger partial charge on any atom is 0.272 e. The summed E-state index contributed by atoms with van der Waals surface area (Å²) in [5, 5.41) is 9.88. The lowest BCUT2D eigenvalue weighted by molar-refractivity contribution is 0.0776. The van der Waals surface area contributed by atoms with Gasteiger partial charge in [0, 0.05) is 31.7 Å². The minimum Gasteiger partial charge on any atom is -0.368 e. The van der Waals surface area contributed by atoms with Gasteiger partial charge in [-0.1, -0.05) is 6.92 Å². The summed E-state index contributed by atoms with van der Waals surface area (Å²) in [5.74, 6) is 0.648. The topological polar surface area (TPSA) is 84.8 Å². The first-order valence-electron chi connectivity index (χ1n) is 7.13. The molecule has 7 nitrogen and oxygen atoms in total. The van der Waals surface area contributed by atoms with Gasteiger partial charge in [0.2, 0.25) is 0 Å². The fraction of sp³-hybridized carbons (Fsp3) is 0.500. The Hall–Kier alpha value is -2.15. The van der Waals surface area contributed by atoms with Crippen LogP contribution in [0.25, 0.3) is 0 Å². The van der Waals surface area contributed by atoms with Gasteiger partial charge in [-0.25, -0.2) is 4.98 Å². The molecular formula is C14H19N5O2.